The summed E-state index contributed by atoms with van der Waals surface area (Å²) in [5.74, 6) is 0.859. The molecule has 1 saturated heterocycles. The van der Waals surface area contributed by atoms with Crippen molar-refractivity contribution in [1.29, 1.82) is 0 Å². The van der Waals surface area contributed by atoms with Crippen molar-refractivity contribution in [1.82, 2.24) is 10.2 Å². The maximum Gasteiger partial charge on any atom is 0.325 e. The molecule has 30 heavy (non-hydrogen) atoms. The van der Waals surface area contributed by atoms with Gasteiger partial charge in [-0.15, -0.1) is 0 Å². The number of carbonyl (C=O) groups excluding carboxylic acids is 2. The van der Waals surface area contributed by atoms with Crippen LogP contribution in [-0.4, -0.2) is 62.8 Å². The molecule has 2 aromatic rings. The summed E-state index contributed by atoms with van der Waals surface area (Å²) in [4.78, 5) is 28.6. The summed E-state index contributed by atoms with van der Waals surface area (Å²) >= 11 is 6.26. The van der Waals surface area contributed by atoms with Crippen molar-refractivity contribution in [3.05, 3.63) is 47.5 Å². The second-order valence-corrected chi connectivity index (χ2v) is 7.48. The van der Waals surface area contributed by atoms with E-state index in [1.54, 1.807) is 18.2 Å². The summed E-state index contributed by atoms with van der Waals surface area (Å²) in [5, 5.41) is 5.74. The van der Waals surface area contributed by atoms with Gasteiger partial charge in [-0.2, -0.15) is 0 Å². The minimum absolute atomic E-state index is 0.158. The van der Waals surface area contributed by atoms with Crippen LogP contribution in [0.25, 0.3) is 0 Å². The zero-order valence-electron chi connectivity index (χ0n) is 16.4. The van der Waals surface area contributed by atoms with Gasteiger partial charge in [-0.3, -0.25) is 15.0 Å². The van der Waals surface area contributed by atoms with Crippen LogP contribution in [-0.2, 0) is 4.79 Å². The summed E-state index contributed by atoms with van der Waals surface area (Å²) in [6.07, 6.45) is 0. The van der Waals surface area contributed by atoms with Gasteiger partial charge in [-0.05, 0) is 24.3 Å². The third-order valence-electron chi connectivity index (χ3n) is 4.99. The first-order valence-corrected chi connectivity index (χ1v) is 10.2. The largest absolute Gasteiger partial charge is 0.486 e. The van der Waals surface area contributed by atoms with E-state index in [9.17, 15) is 9.59 Å². The monoisotopic (exact) mass is 430 g/mol. The number of nitrogens with zero attached hydrogens (tertiary/aromatic N) is 2. The lowest BCUT2D eigenvalue weighted by Gasteiger charge is -2.36. The number of hydrogen-bond donors (Lipinski definition) is 2. The van der Waals surface area contributed by atoms with E-state index in [-0.39, 0.29) is 12.5 Å². The summed E-state index contributed by atoms with van der Waals surface area (Å²) in [5.41, 5.74) is 1.53. The SMILES string of the molecule is O=C(CN1CCN(c2ccccc2Cl)CC1)NC(=O)Nc1ccc2c(c1)OCCO2. The lowest BCUT2D eigenvalue weighted by atomic mass is 10.2. The number of anilines is 2. The Morgan fingerprint density at radius 2 is 1.70 bits per heavy atom. The normalized spacial score (nSPS) is 16.1. The van der Waals surface area contributed by atoms with Crippen molar-refractivity contribution in [2.24, 2.45) is 0 Å². The van der Waals surface area contributed by atoms with Crippen LogP contribution >= 0.6 is 11.6 Å². The molecule has 0 atom stereocenters. The van der Waals surface area contributed by atoms with E-state index in [0.717, 1.165) is 23.8 Å². The Kier molecular flexibility index (Phi) is 6.25. The van der Waals surface area contributed by atoms with Gasteiger partial charge in [-0.1, -0.05) is 23.7 Å². The predicted octanol–water partition coefficient (Wildman–Crippen LogP) is 2.58. The number of hydrogen-bond acceptors (Lipinski definition) is 6. The molecule has 2 aromatic carbocycles. The first-order valence-electron chi connectivity index (χ1n) is 9.81. The molecule has 0 aliphatic carbocycles. The number of ether oxygens (including phenoxy) is 2. The predicted molar refractivity (Wildman–Crippen MR) is 115 cm³/mol. The quantitative estimate of drug-likeness (QED) is 0.775. The fourth-order valence-corrected chi connectivity index (χ4v) is 3.76. The molecule has 2 N–H and O–H groups in total. The van der Waals surface area contributed by atoms with Crippen molar-refractivity contribution in [3.63, 3.8) is 0 Å². The third kappa shape index (κ3) is 4.95. The molecule has 2 aliphatic heterocycles. The number of carbonyl (C=O) groups is 2. The minimum atomic E-state index is -0.577. The Hall–Kier alpha value is -2.97. The zero-order valence-corrected chi connectivity index (χ0v) is 17.2. The van der Waals surface area contributed by atoms with Crippen LogP contribution in [0.3, 0.4) is 0 Å². The molecule has 0 saturated carbocycles. The van der Waals surface area contributed by atoms with Gasteiger partial charge < -0.3 is 19.7 Å². The van der Waals surface area contributed by atoms with Gasteiger partial charge in [-0.25, -0.2) is 4.79 Å². The second-order valence-electron chi connectivity index (χ2n) is 7.08. The Balaban J connectivity index is 1.23. The van der Waals surface area contributed by atoms with Gasteiger partial charge in [0.05, 0.1) is 17.3 Å². The molecule has 0 unspecified atom stereocenters. The van der Waals surface area contributed by atoms with Gasteiger partial charge >= 0.3 is 6.03 Å². The van der Waals surface area contributed by atoms with Crippen molar-refractivity contribution in [3.8, 4) is 11.5 Å². The number of amides is 3. The van der Waals surface area contributed by atoms with Crippen molar-refractivity contribution in [2.75, 3.05) is 56.2 Å². The highest BCUT2D eigenvalue weighted by Crippen LogP contribution is 2.32. The maximum absolute atomic E-state index is 12.3. The standard InChI is InChI=1S/C21H23ClN4O4/c22-16-3-1-2-4-17(16)26-9-7-25(8-10-26)14-20(27)24-21(28)23-15-5-6-18-19(13-15)30-12-11-29-18/h1-6,13H,7-12,14H2,(H2,23,24,27,28). The molecule has 4 rings (SSSR count). The van der Waals surface area contributed by atoms with Crippen molar-refractivity contribution < 1.29 is 19.1 Å². The molecule has 0 radical (unpaired) electrons. The number of urea groups is 1. The Morgan fingerprint density at radius 3 is 2.47 bits per heavy atom. The van der Waals surface area contributed by atoms with Crippen LogP contribution in [0, 0.1) is 0 Å². The number of para-hydroxylation sites is 1. The number of imide groups is 1. The molecule has 0 aromatic heterocycles. The number of benzene rings is 2. The Labute approximate surface area is 179 Å². The highest BCUT2D eigenvalue weighted by Gasteiger charge is 2.21. The minimum Gasteiger partial charge on any atom is -0.486 e. The highest BCUT2D eigenvalue weighted by atomic mass is 35.5. The average molecular weight is 431 g/mol. The van der Waals surface area contributed by atoms with Crippen LogP contribution in [0.2, 0.25) is 5.02 Å². The average Bonchev–Trinajstić information content (AvgIpc) is 2.74. The van der Waals surface area contributed by atoms with E-state index in [0.29, 0.717) is 43.5 Å². The van der Waals surface area contributed by atoms with Gasteiger partial charge in [0.25, 0.3) is 0 Å². The second kappa shape index (κ2) is 9.23. The van der Waals surface area contributed by atoms with Crippen LogP contribution < -0.4 is 25.0 Å². The molecule has 2 heterocycles. The third-order valence-corrected chi connectivity index (χ3v) is 5.31. The molecular weight excluding hydrogens is 408 g/mol. The number of rotatable bonds is 4. The first kappa shape index (κ1) is 20.3. The fourth-order valence-electron chi connectivity index (χ4n) is 3.51. The van der Waals surface area contributed by atoms with E-state index in [1.165, 1.54) is 0 Å². The van der Waals surface area contributed by atoms with Crippen molar-refractivity contribution in [2.45, 2.75) is 0 Å². The molecular formula is C21H23ClN4O4. The van der Waals surface area contributed by atoms with Crippen molar-refractivity contribution >= 4 is 34.9 Å². The molecule has 0 spiro atoms. The first-order chi connectivity index (χ1) is 14.6. The van der Waals surface area contributed by atoms with Gasteiger partial charge in [0.1, 0.15) is 13.2 Å². The molecule has 158 valence electrons. The van der Waals surface area contributed by atoms with E-state index < -0.39 is 6.03 Å². The van der Waals surface area contributed by atoms with E-state index >= 15 is 0 Å². The summed E-state index contributed by atoms with van der Waals surface area (Å²) in [6.45, 7) is 4.07. The summed E-state index contributed by atoms with van der Waals surface area (Å²) in [6, 6.07) is 12.3. The number of piperazine rings is 1. The Bertz CT molecular complexity index is 931. The maximum atomic E-state index is 12.3. The van der Waals surface area contributed by atoms with Crippen LogP contribution in [0.1, 0.15) is 0 Å². The van der Waals surface area contributed by atoms with Gasteiger partial charge in [0.2, 0.25) is 5.91 Å². The van der Waals surface area contributed by atoms with Gasteiger partial charge in [0, 0.05) is 37.9 Å². The van der Waals surface area contributed by atoms with Crippen LogP contribution in [0.4, 0.5) is 16.2 Å². The Morgan fingerprint density at radius 1 is 0.967 bits per heavy atom. The zero-order chi connectivity index (χ0) is 20.9. The van der Waals surface area contributed by atoms with Crippen LogP contribution in [0.15, 0.2) is 42.5 Å². The molecule has 1 fully saturated rings. The highest BCUT2D eigenvalue weighted by molar-refractivity contribution is 6.33. The van der Waals surface area contributed by atoms with E-state index in [4.69, 9.17) is 21.1 Å². The lowest BCUT2D eigenvalue weighted by Crippen LogP contribution is -2.50. The molecule has 0 bridgehead atoms. The number of fused-ring (bicyclic) bond motifs is 1. The lowest BCUT2D eigenvalue weighted by molar-refractivity contribution is -0.121. The topological polar surface area (TPSA) is 83.1 Å². The molecule has 3 amide bonds. The number of halogens is 1. The smallest absolute Gasteiger partial charge is 0.325 e. The number of nitrogens with one attached hydrogen (secondary N) is 2. The molecule has 2 aliphatic rings. The summed E-state index contributed by atoms with van der Waals surface area (Å²) < 4.78 is 10.9. The molecule has 9 heteroatoms. The van der Waals surface area contributed by atoms with Crippen LogP contribution in [0.5, 0.6) is 11.5 Å². The van der Waals surface area contributed by atoms with Gasteiger partial charge in [0.15, 0.2) is 11.5 Å². The van der Waals surface area contributed by atoms with E-state index in [1.807, 2.05) is 29.2 Å². The van der Waals surface area contributed by atoms with E-state index in [2.05, 4.69) is 15.5 Å². The fraction of sp³-hybridized carbons (Fsp3) is 0.333. The summed E-state index contributed by atoms with van der Waals surface area (Å²) in [7, 11) is 0. The molecule has 8 nitrogen and oxygen atoms in total.